The van der Waals surface area contributed by atoms with Gasteiger partial charge in [-0.2, -0.15) is 0 Å². The van der Waals surface area contributed by atoms with Gasteiger partial charge in [0.15, 0.2) is 5.03 Å². The van der Waals surface area contributed by atoms with E-state index >= 15 is 0 Å². The van der Waals surface area contributed by atoms with Gasteiger partial charge in [0, 0.05) is 0 Å². The van der Waals surface area contributed by atoms with Crippen LogP contribution in [-0.2, 0) is 14.3 Å². The lowest BCUT2D eigenvalue weighted by atomic mass is 10.5. The van der Waals surface area contributed by atoms with Crippen molar-refractivity contribution < 1.29 is 14.3 Å². The Morgan fingerprint density at radius 2 is 1.75 bits per heavy atom. The lowest BCUT2D eigenvalue weighted by Crippen LogP contribution is -2.06. The molecule has 0 bridgehead atoms. The molecule has 0 aliphatic rings. The van der Waals surface area contributed by atoms with Gasteiger partial charge in [0.2, 0.25) is 0 Å². The lowest BCUT2D eigenvalue weighted by molar-refractivity contribution is -0.137. The van der Waals surface area contributed by atoms with Crippen molar-refractivity contribution >= 4 is 17.6 Å². The van der Waals surface area contributed by atoms with E-state index in [-0.39, 0.29) is 5.03 Å². The van der Waals surface area contributed by atoms with Crippen LogP contribution in [0.25, 0.3) is 0 Å². The average molecular weight is 193 g/mol. The molecule has 0 radical (unpaired) electrons. The predicted octanol–water partition coefficient (Wildman–Crippen LogP) is 2.06. The molecule has 0 aromatic heterocycles. The zero-order valence-electron chi connectivity index (χ0n) is 7.52. The van der Waals surface area contributed by atoms with Gasteiger partial charge in [-0.25, -0.2) is 4.79 Å². The highest BCUT2D eigenvalue weighted by atomic mass is 35.5. The molecule has 0 saturated heterocycles. The first-order valence-electron chi connectivity index (χ1n) is 3.79. The molecular formula is C8H13ClO3. The Bertz CT molecular complexity index is 187. The molecule has 0 amide bonds. The fourth-order valence-corrected chi connectivity index (χ4v) is 0.727. The zero-order valence-corrected chi connectivity index (χ0v) is 8.27. The summed E-state index contributed by atoms with van der Waals surface area (Å²) in [6.45, 7) is 5.97. The van der Waals surface area contributed by atoms with Gasteiger partial charge in [0.1, 0.15) is 5.76 Å². The Kier molecular flexibility index (Phi) is 5.54. The summed E-state index contributed by atoms with van der Waals surface area (Å²) in [4.78, 5) is 11.0. The summed E-state index contributed by atoms with van der Waals surface area (Å²) in [6.07, 6.45) is 0. The van der Waals surface area contributed by atoms with Gasteiger partial charge in [-0.3, -0.25) is 0 Å². The number of hydrogen-bond acceptors (Lipinski definition) is 3. The summed E-state index contributed by atoms with van der Waals surface area (Å²) < 4.78 is 9.68. The van der Waals surface area contributed by atoms with Crippen molar-refractivity contribution in [1.29, 1.82) is 0 Å². The summed E-state index contributed by atoms with van der Waals surface area (Å²) in [5.74, 6) is -0.136. The molecule has 0 aliphatic carbocycles. The molecule has 3 nitrogen and oxygen atoms in total. The van der Waals surface area contributed by atoms with Gasteiger partial charge in [-0.05, 0) is 20.8 Å². The summed E-state index contributed by atoms with van der Waals surface area (Å²) >= 11 is 5.62. The highest BCUT2D eigenvalue weighted by Crippen LogP contribution is 2.11. The first-order chi connectivity index (χ1) is 5.63. The van der Waals surface area contributed by atoms with E-state index in [4.69, 9.17) is 16.3 Å². The fraction of sp³-hybridized carbons (Fsp3) is 0.625. The minimum atomic E-state index is -0.537. The first-order valence-corrected chi connectivity index (χ1v) is 4.17. The highest BCUT2D eigenvalue weighted by molar-refractivity contribution is 6.41. The monoisotopic (exact) mass is 192 g/mol. The molecule has 4 heteroatoms. The van der Waals surface area contributed by atoms with Crippen molar-refractivity contribution in [2.75, 3.05) is 13.2 Å². The van der Waals surface area contributed by atoms with Crippen LogP contribution in [0.1, 0.15) is 20.8 Å². The van der Waals surface area contributed by atoms with Crippen molar-refractivity contribution in [2.45, 2.75) is 20.8 Å². The lowest BCUT2D eigenvalue weighted by Gasteiger charge is -2.05. The first kappa shape index (κ1) is 11.3. The van der Waals surface area contributed by atoms with E-state index in [9.17, 15) is 4.79 Å². The number of halogens is 1. The van der Waals surface area contributed by atoms with E-state index in [0.29, 0.717) is 19.0 Å². The van der Waals surface area contributed by atoms with Crippen molar-refractivity contribution in [3.63, 3.8) is 0 Å². The molecule has 0 rings (SSSR count). The topological polar surface area (TPSA) is 35.5 Å². The number of rotatable bonds is 4. The van der Waals surface area contributed by atoms with E-state index in [1.54, 1.807) is 13.8 Å². The standard InChI is InChI=1S/C8H13ClO3/c1-4-11-6(3)7(9)8(10)12-5-2/h4-5H2,1-3H3. The predicted molar refractivity (Wildman–Crippen MR) is 46.8 cm³/mol. The molecule has 0 fully saturated rings. The third-order valence-electron chi connectivity index (χ3n) is 1.12. The van der Waals surface area contributed by atoms with Crippen LogP contribution in [0.15, 0.2) is 10.8 Å². The van der Waals surface area contributed by atoms with Crippen LogP contribution in [0.2, 0.25) is 0 Å². The summed E-state index contributed by atoms with van der Waals surface area (Å²) in [5, 5.41) is 0.0127. The highest BCUT2D eigenvalue weighted by Gasteiger charge is 2.11. The number of allylic oxidation sites excluding steroid dienone is 1. The average Bonchev–Trinajstić information content (AvgIpc) is 2.04. The van der Waals surface area contributed by atoms with Crippen molar-refractivity contribution in [2.24, 2.45) is 0 Å². The van der Waals surface area contributed by atoms with Gasteiger partial charge in [-0.15, -0.1) is 0 Å². The van der Waals surface area contributed by atoms with Crippen molar-refractivity contribution in [1.82, 2.24) is 0 Å². The van der Waals surface area contributed by atoms with Crippen LogP contribution in [0, 0.1) is 0 Å². The molecule has 0 atom stereocenters. The van der Waals surface area contributed by atoms with E-state index < -0.39 is 5.97 Å². The SMILES string of the molecule is CCOC(=O)C(Cl)=C(C)OCC. The second kappa shape index (κ2) is 5.89. The van der Waals surface area contributed by atoms with E-state index in [2.05, 4.69) is 4.74 Å². The number of ether oxygens (including phenoxy) is 2. The fourth-order valence-electron chi connectivity index (χ4n) is 0.618. The molecule has 0 aliphatic heterocycles. The largest absolute Gasteiger partial charge is 0.497 e. The molecular weight excluding hydrogens is 180 g/mol. The van der Waals surface area contributed by atoms with Crippen LogP contribution in [0.5, 0.6) is 0 Å². The smallest absolute Gasteiger partial charge is 0.353 e. The summed E-state index contributed by atoms with van der Waals surface area (Å²) in [5.41, 5.74) is 0. The van der Waals surface area contributed by atoms with Gasteiger partial charge in [-0.1, -0.05) is 11.6 Å². The molecule has 70 valence electrons. The van der Waals surface area contributed by atoms with Crippen molar-refractivity contribution in [3.8, 4) is 0 Å². The Morgan fingerprint density at radius 3 is 2.17 bits per heavy atom. The summed E-state index contributed by atoms with van der Waals surface area (Å²) in [6, 6.07) is 0. The third-order valence-corrected chi connectivity index (χ3v) is 1.55. The van der Waals surface area contributed by atoms with Crippen molar-refractivity contribution in [3.05, 3.63) is 10.8 Å². The van der Waals surface area contributed by atoms with E-state index in [1.807, 2.05) is 6.92 Å². The van der Waals surface area contributed by atoms with Gasteiger partial charge >= 0.3 is 5.97 Å². The molecule has 0 aromatic rings. The second-order valence-corrected chi connectivity index (χ2v) is 2.40. The van der Waals surface area contributed by atoms with E-state index in [0.717, 1.165) is 0 Å². The maximum absolute atomic E-state index is 11.0. The Morgan fingerprint density at radius 1 is 1.25 bits per heavy atom. The van der Waals surface area contributed by atoms with Crippen LogP contribution < -0.4 is 0 Å². The third kappa shape index (κ3) is 3.62. The van der Waals surface area contributed by atoms with Gasteiger partial charge in [0.05, 0.1) is 13.2 Å². The minimum Gasteiger partial charge on any atom is -0.497 e. The Balaban J connectivity index is 4.22. The second-order valence-electron chi connectivity index (χ2n) is 2.02. The molecule has 0 aromatic carbocycles. The molecule has 0 heterocycles. The Hall–Kier alpha value is -0.700. The molecule has 12 heavy (non-hydrogen) atoms. The quantitative estimate of drug-likeness (QED) is 0.389. The normalized spacial score (nSPS) is 12.0. The van der Waals surface area contributed by atoms with E-state index in [1.165, 1.54) is 0 Å². The van der Waals surface area contributed by atoms with Crippen LogP contribution in [0.3, 0.4) is 0 Å². The number of esters is 1. The van der Waals surface area contributed by atoms with Crippen LogP contribution in [-0.4, -0.2) is 19.2 Å². The minimum absolute atomic E-state index is 0.0127. The molecule has 0 saturated carbocycles. The zero-order chi connectivity index (χ0) is 9.56. The molecule has 0 spiro atoms. The molecule has 0 N–H and O–H groups in total. The molecule has 0 unspecified atom stereocenters. The summed E-state index contributed by atoms with van der Waals surface area (Å²) in [7, 11) is 0. The maximum Gasteiger partial charge on any atom is 0.353 e. The van der Waals surface area contributed by atoms with Gasteiger partial charge < -0.3 is 9.47 Å². The Labute approximate surface area is 77.3 Å². The number of carbonyl (C=O) groups is 1. The number of hydrogen-bond donors (Lipinski definition) is 0. The van der Waals surface area contributed by atoms with Crippen LogP contribution in [0.4, 0.5) is 0 Å². The van der Waals surface area contributed by atoms with Crippen LogP contribution >= 0.6 is 11.6 Å². The maximum atomic E-state index is 11.0. The number of carbonyl (C=O) groups excluding carboxylic acids is 1. The van der Waals surface area contributed by atoms with Gasteiger partial charge in [0.25, 0.3) is 0 Å².